The monoisotopic (exact) mass is 229 g/mol. The third kappa shape index (κ3) is 2.41. The van der Waals surface area contributed by atoms with Gasteiger partial charge in [0.05, 0.1) is 12.8 Å². The van der Waals surface area contributed by atoms with E-state index < -0.39 is 0 Å². The maximum atomic E-state index is 5.04. The number of nitrogens with zero attached hydrogens (tertiary/aromatic N) is 3. The molecule has 2 aromatic heterocycles. The molecule has 88 valence electrons. The second-order valence-corrected chi connectivity index (χ2v) is 3.76. The summed E-state index contributed by atoms with van der Waals surface area (Å²) in [5, 5.41) is 0. The minimum Gasteiger partial charge on any atom is -0.481 e. The molecule has 0 aliphatic heterocycles. The lowest BCUT2D eigenvalue weighted by molar-refractivity contribution is 0.398. The molecule has 0 fully saturated rings. The van der Waals surface area contributed by atoms with Gasteiger partial charge in [-0.05, 0) is 18.6 Å². The molecule has 0 saturated heterocycles. The molecule has 2 aromatic rings. The molecule has 0 aliphatic carbocycles. The summed E-state index contributed by atoms with van der Waals surface area (Å²) in [6.45, 7) is 4.04. The molecule has 0 N–H and O–H groups in total. The maximum Gasteiger partial charge on any atom is 0.212 e. The molecule has 0 amide bonds. The summed E-state index contributed by atoms with van der Waals surface area (Å²) >= 11 is 0. The number of pyridine rings is 1. The summed E-state index contributed by atoms with van der Waals surface area (Å²) in [5.41, 5.74) is 2.97. The van der Waals surface area contributed by atoms with Crippen molar-refractivity contribution >= 4 is 0 Å². The third-order valence-corrected chi connectivity index (χ3v) is 2.56. The van der Waals surface area contributed by atoms with Crippen molar-refractivity contribution in [2.75, 3.05) is 7.11 Å². The van der Waals surface area contributed by atoms with Crippen molar-refractivity contribution in [2.45, 2.75) is 20.3 Å². The van der Waals surface area contributed by atoms with E-state index in [4.69, 9.17) is 4.74 Å². The number of aromatic nitrogens is 3. The highest BCUT2D eigenvalue weighted by atomic mass is 16.5. The Bertz CT molecular complexity index is 509. The zero-order chi connectivity index (χ0) is 12.3. The van der Waals surface area contributed by atoms with E-state index >= 15 is 0 Å². The van der Waals surface area contributed by atoms with Crippen LogP contribution in [-0.2, 0) is 6.42 Å². The normalized spacial score (nSPS) is 10.3. The molecular weight excluding hydrogens is 214 g/mol. The smallest absolute Gasteiger partial charge is 0.212 e. The van der Waals surface area contributed by atoms with E-state index in [0.29, 0.717) is 5.88 Å². The highest BCUT2D eigenvalue weighted by Gasteiger charge is 2.06. The number of ether oxygens (including phenoxy) is 1. The van der Waals surface area contributed by atoms with Gasteiger partial charge in [-0.15, -0.1) is 0 Å². The fourth-order valence-electron chi connectivity index (χ4n) is 1.58. The Kier molecular flexibility index (Phi) is 3.32. The number of hydrogen-bond acceptors (Lipinski definition) is 4. The van der Waals surface area contributed by atoms with Crippen LogP contribution in [0.5, 0.6) is 5.88 Å². The van der Waals surface area contributed by atoms with Crippen molar-refractivity contribution in [3.05, 3.63) is 35.9 Å². The Morgan fingerprint density at radius 2 is 2.00 bits per heavy atom. The van der Waals surface area contributed by atoms with Gasteiger partial charge in [0.2, 0.25) is 5.88 Å². The Balaban J connectivity index is 2.43. The summed E-state index contributed by atoms with van der Waals surface area (Å²) in [6.07, 6.45) is 4.45. The zero-order valence-corrected chi connectivity index (χ0v) is 10.3. The quantitative estimate of drug-likeness (QED) is 0.811. The largest absolute Gasteiger partial charge is 0.481 e. The second kappa shape index (κ2) is 4.91. The van der Waals surface area contributed by atoms with Crippen molar-refractivity contribution in [3.8, 4) is 17.1 Å². The van der Waals surface area contributed by atoms with Crippen molar-refractivity contribution in [2.24, 2.45) is 0 Å². The number of rotatable bonds is 3. The molecule has 0 aliphatic rings. The Morgan fingerprint density at radius 3 is 2.59 bits per heavy atom. The van der Waals surface area contributed by atoms with E-state index in [2.05, 4.69) is 15.0 Å². The van der Waals surface area contributed by atoms with E-state index in [1.54, 1.807) is 13.3 Å². The average Bonchev–Trinajstić information content (AvgIpc) is 2.39. The van der Waals surface area contributed by atoms with Crippen LogP contribution in [-0.4, -0.2) is 22.1 Å². The van der Waals surface area contributed by atoms with Gasteiger partial charge >= 0.3 is 0 Å². The lowest BCUT2D eigenvalue weighted by Crippen LogP contribution is -1.98. The first kappa shape index (κ1) is 11.5. The van der Waals surface area contributed by atoms with Crippen LogP contribution in [0, 0.1) is 6.92 Å². The van der Waals surface area contributed by atoms with Crippen LogP contribution in [0.2, 0.25) is 0 Å². The van der Waals surface area contributed by atoms with Gasteiger partial charge in [0.1, 0.15) is 5.82 Å². The standard InChI is InChI=1S/C13H15N3O/c1-4-11-14-7-9(2)13(16-11)10-5-6-12(17-3)15-8-10/h5-8H,4H2,1-3H3. The van der Waals surface area contributed by atoms with E-state index in [-0.39, 0.29) is 0 Å². The summed E-state index contributed by atoms with van der Waals surface area (Å²) in [6, 6.07) is 3.79. The van der Waals surface area contributed by atoms with Crippen molar-refractivity contribution in [1.82, 2.24) is 15.0 Å². The summed E-state index contributed by atoms with van der Waals surface area (Å²) in [5.74, 6) is 1.46. The van der Waals surface area contributed by atoms with Crippen LogP contribution in [0.25, 0.3) is 11.3 Å². The first-order chi connectivity index (χ1) is 8.24. The predicted molar refractivity (Wildman–Crippen MR) is 65.9 cm³/mol. The molecule has 4 heteroatoms. The Labute approximate surface area is 101 Å². The average molecular weight is 229 g/mol. The van der Waals surface area contributed by atoms with Crippen LogP contribution >= 0.6 is 0 Å². The first-order valence-corrected chi connectivity index (χ1v) is 5.57. The predicted octanol–water partition coefficient (Wildman–Crippen LogP) is 2.42. The minimum absolute atomic E-state index is 0.608. The van der Waals surface area contributed by atoms with Gasteiger partial charge in [0.15, 0.2) is 0 Å². The van der Waals surface area contributed by atoms with Crippen molar-refractivity contribution < 1.29 is 4.74 Å². The minimum atomic E-state index is 0.608. The van der Waals surface area contributed by atoms with Gasteiger partial charge in [-0.2, -0.15) is 0 Å². The molecule has 0 aromatic carbocycles. The molecule has 0 saturated carbocycles. The van der Waals surface area contributed by atoms with Crippen LogP contribution in [0.1, 0.15) is 18.3 Å². The zero-order valence-electron chi connectivity index (χ0n) is 10.3. The van der Waals surface area contributed by atoms with E-state index in [1.807, 2.05) is 32.2 Å². The summed E-state index contributed by atoms with van der Waals surface area (Å²) in [4.78, 5) is 13.0. The van der Waals surface area contributed by atoms with E-state index in [1.165, 1.54) is 0 Å². The topological polar surface area (TPSA) is 47.9 Å². The Hall–Kier alpha value is -1.97. The van der Waals surface area contributed by atoms with Crippen LogP contribution in [0.4, 0.5) is 0 Å². The molecule has 0 bridgehead atoms. The highest BCUT2D eigenvalue weighted by molar-refractivity contribution is 5.61. The lowest BCUT2D eigenvalue weighted by atomic mass is 10.1. The molecule has 0 atom stereocenters. The molecule has 2 heterocycles. The number of methoxy groups -OCH3 is 1. The lowest BCUT2D eigenvalue weighted by Gasteiger charge is -2.06. The van der Waals surface area contributed by atoms with Gasteiger partial charge in [0.25, 0.3) is 0 Å². The third-order valence-electron chi connectivity index (χ3n) is 2.56. The van der Waals surface area contributed by atoms with Gasteiger partial charge < -0.3 is 4.74 Å². The fourth-order valence-corrected chi connectivity index (χ4v) is 1.58. The second-order valence-electron chi connectivity index (χ2n) is 3.76. The van der Waals surface area contributed by atoms with Gasteiger partial charge in [0, 0.05) is 30.4 Å². The Morgan fingerprint density at radius 1 is 1.18 bits per heavy atom. The number of aryl methyl sites for hydroxylation is 2. The van der Waals surface area contributed by atoms with Crippen LogP contribution in [0.15, 0.2) is 24.5 Å². The van der Waals surface area contributed by atoms with E-state index in [0.717, 1.165) is 29.1 Å². The molecule has 4 nitrogen and oxygen atoms in total. The SMILES string of the molecule is CCc1ncc(C)c(-c2ccc(OC)nc2)n1. The van der Waals surface area contributed by atoms with Crippen molar-refractivity contribution in [1.29, 1.82) is 0 Å². The fraction of sp³-hybridized carbons (Fsp3) is 0.308. The van der Waals surface area contributed by atoms with Crippen LogP contribution in [0.3, 0.4) is 0 Å². The summed E-state index contributed by atoms with van der Waals surface area (Å²) < 4.78 is 5.04. The van der Waals surface area contributed by atoms with Gasteiger partial charge in [-0.3, -0.25) is 0 Å². The van der Waals surface area contributed by atoms with Crippen LogP contribution < -0.4 is 4.74 Å². The molecular formula is C13H15N3O. The maximum absolute atomic E-state index is 5.04. The molecule has 2 rings (SSSR count). The first-order valence-electron chi connectivity index (χ1n) is 5.57. The van der Waals surface area contributed by atoms with Crippen molar-refractivity contribution in [3.63, 3.8) is 0 Å². The summed E-state index contributed by atoms with van der Waals surface area (Å²) in [7, 11) is 1.60. The molecule has 0 radical (unpaired) electrons. The molecule has 0 unspecified atom stereocenters. The molecule has 17 heavy (non-hydrogen) atoms. The van der Waals surface area contributed by atoms with E-state index in [9.17, 15) is 0 Å². The number of hydrogen-bond donors (Lipinski definition) is 0. The van der Waals surface area contributed by atoms with Gasteiger partial charge in [-0.1, -0.05) is 6.92 Å². The van der Waals surface area contributed by atoms with Gasteiger partial charge in [-0.25, -0.2) is 15.0 Å². The molecule has 0 spiro atoms. The highest BCUT2D eigenvalue weighted by Crippen LogP contribution is 2.21.